The molecule has 0 aromatic rings. The standard InChI is InChI=1S/C11H17F2NO2/c1-2-14(5-9(15)16)8-3-10(4-8)6-11(12,13)7-10/h8H,2-7H2,1H3,(H,15,16). The van der Waals surface area contributed by atoms with Crippen molar-refractivity contribution in [1.29, 1.82) is 0 Å². The summed E-state index contributed by atoms with van der Waals surface area (Å²) in [6.07, 6.45) is 1.48. The third-order valence-electron chi connectivity index (χ3n) is 3.87. The first-order valence-corrected chi connectivity index (χ1v) is 5.69. The van der Waals surface area contributed by atoms with Gasteiger partial charge in [0.05, 0.1) is 6.54 Å². The van der Waals surface area contributed by atoms with E-state index >= 15 is 0 Å². The summed E-state index contributed by atoms with van der Waals surface area (Å²) in [5.74, 6) is -3.31. The topological polar surface area (TPSA) is 40.5 Å². The number of hydrogen-bond donors (Lipinski definition) is 1. The molecule has 1 N–H and O–H groups in total. The molecule has 0 unspecified atom stereocenters. The van der Waals surface area contributed by atoms with Gasteiger partial charge in [-0.3, -0.25) is 9.69 Å². The van der Waals surface area contributed by atoms with Crippen molar-refractivity contribution < 1.29 is 18.7 Å². The molecule has 92 valence electrons. The molecule has 0 bridgehead atoms. The average Bonchev–Trinajstić information content (AvgIpc) is 2.05. The van der Waals surface area contributed by atoms with Crippen molar-refractivity contribution in [2.75, 3.05) is 13.1 Å². The first-order valence-electron chi connectivity index (χ1n) is 5.69. The lowest BCUT2D eigenvalue weighted by atomic mass is 9.52. The third kappa shape index (κ3) is 2.05. The number of halogens is 2. The highest BCUT2D eigenvalue weighted by Gasteiger charge is 2.62. The van der Waals surface area contributed by atoms with Gasteiger partial charge in [-0.1, -0.05) is 6.92 Å². The molecule has 0 radical (unpaired) electrons. The predicted molar refractivity (Wildman–Crippen MR) is 54.5 cm³/mol. The Morgan fingerprint density at radius 1 is 1.44 bits per heavy atom. The predicted octanol–water partition coefficient (Wildman–Crippen LogP) is 1.97. The van der Waals surface area contributed by atoms with E-state index < -0.39 is 11.9 Å². The Bertz CT molecular complexity index is 290. The molecule has 16 heavy (non-hydrogen) atoms. The molecule has 0 saturated heterocycles. The zero-order valence-corrected chi connectivity index (χ0v) is 9.38. The quantitative estimate of drug-likeness (QED) is 0.807. The molecule has 0 aromatic carbocycles. The average molecular weight is 233 g/mol. The fourth-order valence-electron chi connectivity index (χ4n) is 3.21. The van der Waals surface area contributed by atoms with E-state index in [1.54, 1.807) is 0 Å². The van der Waals surface area contributed by atoms with E-state index in [0.717, 1.165) is 12.8 Å². The minimum Gasteiger partial charge on any atom is -0.480 e. The lowest BCUT2D eigenvalue weighted by Gasteiger charge is -2.59. The molecule has 2 aliphatic rings. The van der Waals surface area contributed by atoms with Gasteiger partial charge in [0.25, 0.3) is 0 Å². The van der Waals surface area contributed by atoms with Gasteiger partial charge in [-0.25, -0.2) is 8.78 Å². The van der Waals surface area contributed by atoms with Gasteiger partial charge in [0.1, 0.15) is 0 Å². The zero-order valence-electron chi connectivity index (χ0n) is 9.38. The van der Waals surface area contributed by atoms with Gasteiger partial charge in [-0.2, -0.15) is 0 Å². The van der Waals surface area contributed by atoms with Crippen LogP contribution >= 0.6 is 0 Å². The molecule has 2 aliphatic carbocycles. The van der Waals surface area contributed by atoms with Crippen molar-refractivity contribution >= 4 is 5.97 Å². The number of rotatable bonds is 4. The van der Waals surface area contributed by atoms with Crippen LogP contribution in [0.25, 0.3) is 0 Å². The molecule has 5 heteroatoms. The van der Waals surface area contributed by atoms with Crippen molar-refractivity contribution in [2.45, 2.75) is 44.6 Å². The first-order chi connectivity index (χ1) is 7.36. The second-order valence-electron chi connectivity index (χ2n) is 5.23. The molecule has 0 heterocycles. The zero-order chi connectivity index (χ0) is 12.0. The van der Waals surface area contributed by atoms with Crippen LogP contribution in [-0.2, 0) is 4.79 Å². The summed E-state index contributed by atoms with van der Waals surface area (Å²) in [4.78, 5) is 12.5. The second-order valence-corrected chi connectivity index (χ2v) is 5.23. The highest BCUT2D eigenvalue weighted by molar-refractivity contribution is 5.69. The molecule has 1 spiro atoms. The fourth-order valence-corrected chi connectivity index (χ4v) is 3.21. The number of nitrogens with zero attached hydrogens (tertiary/aromatic N) is 1. The number of likely N-dealkylation sites (N-methyl/N-ethyl adjacent to an activating group) is 1. The largest absolute Gasteiger partial charge is 0.480 e. The number of carboxylic acid groups (broad SMARTS) is 1. The first kappa shape index (κ1) is 11.8. The lowest BCUT2D eigenvalue weighted by molar-refractivity contribution is -0.210. The van der Waals surface area contributed by atoms with Gasteiger partial charge in [0.15, 0.2) is 0 Å². The highest BCUT2D eigenvalue weighted by atomic mass is 19.3. The summed E-state index contributed by atoms with van der Waals surface area (Å²) in [5, 5.41) is 8.71. The number of aliphatic carboxylic acids is 1. The van der Waals surface area contributed by atoms with Crippen molar-refractivity contribution in [3.05, 3.63) is 0 Å². The van der Waals surface area contributed by atoms with Gasteiger partial charge in [-0.05, 0) is 24.8 Å². The third-order valence-corrected chi connectivity index (χ3v) is 3.87. The normalized spacial score (nSPS) is 26.5. The molecule has 0 atom stereocenters. The van der Waals surface area contributed by atoms with Gasteiger partial charge in [-0.15, -0.1) is 0 Å². The van der Waals surface area contributed by atoms with Crippen LogP contribution in [-0.4, -0.2) is 41.0 Å². The monoisotopic (exact) mass is 233 g/mol. The van der Waals surface area contributed by atoms with E-state index in [4.69, 9.17) is 5.11 Å². The van der Waals surface area contributed by atoms with Crippen LogP contribution in [0.15, 0.2) is 0 Å². The van der Waals surface area contributed by atoms with E-state index in [1.165, 1.54) is 0 Å². The second kappa shape index (κ2) is 3.65. The van der Waals surface area contributed by atoms with Crippen molar-refractivity contribution in [3.8, 4) is 0 Å². The Kier molecular flexibility index (Phi) is 2.69. The number of hydrogen-bond acceptors (Lipinski definition) is 2. The van der Waals surface area contributed by atoms with E-state index in [2.05, 4.69) is 0 Å². The molecule has 3 nitrogen and oxygen atoms in total. The Morgan fingerprint density at radius 2 is 2.00 bits per heavy atom. The van der Waals surface area contributed by atoms with Crippen molar-refractivity contribution in [3.63, 3.8) is 0 Å². The molecule has 0 aromatic heterocycles. The smallest absolute Gasteiger partial charge is 0.317 e. The summed E-state index contributed by atoms with van der Waals surface area (Å²) in [7, 11) is 0. The molecule has 2 saturated carbocycles. The van der Waals surface area contributed by atoms with E-state index in [0.29, 0.717) is 6.54 Å². The van der Waals surface area contributed by atoms with E-state index in [1.807, 2.05) is 11.8 Å². The van der Waals surface area contributed by atoms with Gasteiger partial charge < -0.3 is 5.11 Å². The fraction of sp³-hybridized carbons (Fsp3) is 0.909. The summed E-state index contributed by atoms with van der Waals surface area (Å²) >= 11 is 0. The lowest BCUT2D eigenvalue weighted by Crippen LogP contribution is -2.60. The molecule has 2 fully saturated rings. The summed E-state index contributed by atoms with van der Waals surface area (Å²) in [6, 6.07) is 0.192. The maximum absolute atomic E-state index is 12.8. The Balaban J connectivity index is 1.81. The maximum atomic E-state index is 12.8. The minimum absolute atomic E-state index is 0.00112. The van der Waals surface area contributed by atoms with Crippen LogP contribution in [0.3, 0.4) is 0 Å². The van der Waals surface area contributed by atoms with Crippen LogP contribution in [0.1, 0.15) is 32.6 Å². The minimum atomic E-state index is -2.46. The highest BCUT2D eigenvalue weighted by Crippen LogP contribution is 2.63. The number of carboxylic acids is 1. The van der Waals surface area contributed by atoms with Crippen molar-refractivity contribution in [1.82, 2.24) is 4.90 Å². The van der Waals surface area contributed by atoms with E-state index in [-0.39, 0.29) is 30.8 Å². The molecule has 2 rings (SSSR count). The van der Waals surface area contributed by atoms with Crippen LogP contribution in [0.5, 0.6) is 0 Å². The van der Waals surface area contributed by atoms with E-state index in [9.17, 15) is 13.6 Å². The Hall–Kier alpha value is -0.710. The Morgan fingerprint density at radius 3 is 2.38 bits per heavy atom. The number of alkyl halides is 2. The molecule has 0 aliphatic heterocycles. The molecule has 0 amide bonds. The van der Waals surface area contributed by atoms with Gasteiger partial charge >= 0.3 is 5.97 Å². The summed E-state index contributed by atoms with van der Waals surface area (Å²) in [5.41, 5.74) is -0.167. The van der Waals surface area contributed by atoms with Crippen LogP contribution in [0.2, 0.25) is 0 Å². The van der Waals surface area contributed by atoms with Crippen LogP contribution < -0.4 is 0 Å². The summed E-state index contributed by atoms with van der Waals surface area (Å²) < 4.78 is 25.5. The van der Waals surface area contributed by atoms with Gasteiger partial charge in [0, 0.05) is 18.9 Å². The van der Waals surface area contributed by atoms with Crippen molar-refractivity contribution in [2.24, 2.45) is 5.41 Å². The molecular formula is C11H17F2NO2. The summed E-state index contributed by atoms with van der Waals surface area (Å²) in [6.45, 7) is 2.60. The number of carbonyl (C=O) groups is 1. The Labute approximate surface area is 93.4 Å². The molecular weight excluding hydrogens is 216 g/mol. The van der Waals surface area contributed by atoms with Crippen LogP contribution in [0, 0.1) is 5.41 Å². The maximum Gasteiger partial charge on any atom is 0.317 e. The van der Waals surface area contributed by atoms with Crippen LogP contribution in [0.4, 0.5) is 8.78 Å². The van der Waals surface area contributed by atoms with Gasteiger partial charge in [0.2, 0.25) is 5.92 Å². The SMILES string of the molecule is CCN(CC(=O)O)C1CC2(C1)CC(F)(F)C2.